The summed E-state index contributed by atoms with van der Waals surface area (Å²) in [4.78, 5) is 15.0. The van der Waals surface area contributed by atoms with Crippen molar-refractivity contribution in [1.29, 1.82) is 0 Å². The second kappa shape index (κ2) is 9.34. The minimum absolute atomic E-state index is 0.0899. The fourth-order valence-electron chi connectivity index (χ4n) is 2.04. The van der Waals surface area contributed by atoms with Gasteiger partial charge in [0.2, 0.25) is 5.91 Å². The molecule has 1 aromatic rings. The number of halogens is 1. The minimum Gasteiger partial charge on any atom is -0.340 e. The zero-order chi connectivity index (χ0) is 15.8. The van der Waals surface area contributed by atoms with E-state index < -0.39 is 0 Å². The molecule has 3 nitrogen and oxygen atoms in total. The summed E-state index contributed by atoms with van der Waals surface area (Å²) < 4.78 is 2.29. The van der Waals surface area contributed by atoms with Crippen molar-refractivity contribution in [1.82, 2.24) is 9.21 Å². The van der Waals surface area contributed by atoms with Gasteiger partial charge in [0.05, 0.1) is 0 Å². The van der Waals surface area contributed by atoms with Crippen molar-refractivity contribution in [2.45, 2.75) is 32.6 Å². The Labute approximate surface area is 137 Å². The summed E-state index contributed by atoms with van der Waals surface area (Å²) in [6, 6.07) is 7.87. The monoisotopic (exact) mass is 328 g/mol. The van der Waals surface area contributed by atoms with Gasteiger partial charge in [0.1, 0.15) is 0 Å². The van der Waals surface area contributed by atoms with E-state index in [1.165, 1.54) is 0 Å². The lowest BCUT2D eigenvalue weighted by molar-refractivity contribution is -0.135. The second-order valence-electron chi connectivity index (χ2n) is 4.96. The van der Waals surface area contributed by atoms with Crippen LogP contribution in [0.15, 0.2) is 29.2 Å². The number of hydrogen-bond acceptors (Lipinski definition) is 3. The van der Waals surface area contributed by atoms with Gasteiger partial charge in [-0.1, -0.05) is 45.4 Å². The Morgan fingerprint density at radius 2 is 1.81 bits per heavy atom. The Bertz CT molecular complexity index is 446. The fraction of sp³-hybridized carbons (Fsp3) is 0.562. The lowest BCUT2D eigenvalue weighted by Gasteiger charge is -2.34. The highest BCUT2D eigenvalue weighted by Gasteiger charge is 2.23. The minimum atomic E-state index is 0.0899. The molecule has 0 bridgehead atoms. The quantitative estimate of drug-likeness (QED) is 0.778. The van der Waals surface area contributed by atoms with Gasteiger partial charge in [-0.2, -0.15) is 0 Å². The predicted molar refractivity (Wildman–Crippen MR) is 91.6 cm³/mol. The third-order valence-electron chi connectivity index (χ3n) is 3.07. The van der Waals surface area contributed by atoms with Crippen LogP contribution in [0.3, 0.4) is 0 Å². The van der Waals surface area contributed by atoms with Gasteiger partial charge in [-0.15, -0.1) is 0 Å². The van der Waals surface area contributed by atoms with Crippen LogP contribution in [0.2, 0.25) is 5.02 Å². The van der Waals surface area contributed by atoms with Crippen LogP contribution in [0.1, 0.15) is 27.7 Å². The van der Waals surface area contributed by atoms with Gasteiger partial charge >= 0.3 is 0 Å². The first-order chi connectivity index (χ1) is 10.1. The molecular weight excluding hydrogens is 304 g/mol. The number of piperazine rings is 1. The molecule has 0 radical (unpaired) electrons. The first-order valence-electron chi connectivity index (χ1n) is 7.53. The maximum absolute atomic E-state index is 11.9. The Morgan fingerprint density at radius 1 is 1.19 bits per heavy atom. The Morgan fingerprint density at radius 3 is 2.33 bits per heavy atom. The number of carbonyl (C=O) groups excluding carboxylic acids is 1. The van der Waals surface area contributed by atoms with Crippen LogP contribution in [0.25, 0.3) is 0 Å². The summed E-state index contributed by atoms with van der Waals surface area (Å²) in [5, 5.41) is 0.763. The lowest BCUT2D eigenvalue weighted by atomic mass is 10.2. The Balaban J connectivity index is 0.00000106. The van der Waals surface area contributed by atoms with E-state index in [0.717, 1.165) is 36.1 Å². The number of carbonyl (C=O) groups is 1. The van der Waals surface area contributed by atoms with Gasteiger partial charge in [-0.05, 0) is 30.1 Å². The molecule has 1 heterocycles. The topological polar surface area (TPSA) is 23.6 Å². The molecule has 0 spiro atoms. The third-order valence-corrected chi connectivity index (χ3v) is 4.40. The summed E-state index contributed by atoms with van der Waals surface area (Å²) in [6.07, 6.45) is 0. The van der Waals surface area contributed by atoms with E-state index >= 15 is 0 Å². The van der Waals surface area contributed by atoms with Crippen molar-refractivity contribution in [3.05, 3.63) is 29.3 Å². The average Bonchev–Trinajstić information content (AvgIpc) is 2.49. The summed E-state index contributed by atoms with van der Waals surface area (Å²) in [6.45, 7) is 11.3. The van der Waals surface area contributed by atoms with Crippen LogP contribution in [0.4, 0.5) is 0 Å². The molecule has 0 saturated carbocycles. The zero-order valence-corrected chi connectivity index (χ0v) is 14.9. The van der Waals surface area contributed by atoms with Gasteiger partial charge in [0.25, 0.3) is 0 Å². The van der Waals surface area contributed by atoms with Crippen molar-refractivity contribution in [2.75, 3.05) is 26.2 Å². The van der Waals surface area contributed by atoms with Gasteiger partial charge < -0.3 is 4.90 Å². The fourth-order valence-corrected chi connectivity index (χ4v) is 3.26. The molecule has 1 aliphatic heterocycles. The molecule has 0 atom stereocenters. The third kappa shape index (κ3) is 5.89. The summed E-state index contributed by atoms with van der Waals surface area (Å²) in [5.41, 5.74) is 0. The molecule has 0 N–H and O–H groups in total. The molecular formula is C16H25ClN2OS. The standard InChI is InChI=1S/C14H19ClN2OS.C2H6/c1-11(2)14(18)16-6-8-17(9-7-16)19-13-5-3-4-12(15)10-13;1-2/h3-5,10-11H,6-9H2,1-2H3;1-2H3. The van der Waals surface area contributed by atoms with Gasteiger partial charge in [0, 0.05) is 42.0 Å². The van der Waals surface area contributed by atoms with E-state index in [-0.39, 0.29) is 11.8 Å². The average molecular weight is 329 g/mol. The zero-order valence-electron chi connectivity index (χ0n) is 13.3. The van der Waals surface area contributed by atoms with E-state index in [1.807, 2.05) is 50.8 Å². The molecule has 1 aliphatic rings. The molecule has 0 aromatic heterocycles. The van der Waals surface area contributed by atoms with Crippen molar-refractivity contribution in [2.24, 2.45) is 5.92 Å². The van der Waals surface area contributed by atoms with Crippen LogP contribution in [0, 0.1) is 5.92 Å². The summed E-state index contributed by atoms with van der Waals surface area (Å²) in [7, 11) is 0. The number of amides is 1. The van der Waals surface area contributed by atoms with E-state index in [1.54, 1.807) is 11.9 Å². The smallest absolute Gasteiger partial charge is 0.225 e. The maximum Gasteiger partial charge on any atom is 0.225 e. The van der Waals surface area contributed by atoms with Crippen molar-refractivity contribution in [3.8, 4) is 0 Å². The number of rotatable bonds is 3. The van der Waals surface area contributed by atoms with Crippen LogP contribution in [0.5, 0.6) is 0 Å². The van der Waals surface area contributed by atoms with Crippen LogP contribution >= 0.6 is 23.5 Å². The van der Waals surface area contributed by atoms with E-state index in [9.17, 15) is 4.79 Å². The highest BCUT2D eigenvalue weighted by molar-refractivity contribution is 7.97. The molecule has 1 amide bonds. The summed E-state index contributed by atoms with van der Waals surface area (Å²) >= 11 is 7.69. The lowest BCUT2D eigenvalue weighted by Crippen LogP contribution is -2.47. The highest BCUT2D eigenvalue weighted by Crippen LogP contribution is 2.26. The normalized spacial score (nSPS) is 15.6. The Hall–Kier alpha value is -0.710. The first-order valence-corrected chi connectivity index (χ1v) is 8.68. The maximum atomic E-state index is 11.9. The number of hydrogen-bond donors (Lipinski definition) is 0. The molecule has 0 unspecified atom stereocenters. The SMILES string of the molecule is CC.CC(C)C(=O)N1CCN(Sc2cccc(Cl)c2)CC1. The molecule has 118 valence electrons. The van der Waals surface area contributed by atoms with Crippen LogP contribution in [-0.2, 0) is 4.79 Å². The molecule has 0 aliphatic carbocycles. The molecule has 21 heavy (non-hydrogen) atoms. The van der Waals surface area contributed by atoms with Crippen molar-refractivity contribution < 1.29 is 4.79 Å². The number of benzene rings is 1. The first kappa shape index (κ1) is 18.3. The molecule has 1 aromatic carbocycles. The van der Waals surface area contributed by atoms with Gasteiger partial charge in [0.15, 0.2) is 0 Å². The van der Waals surface area contributed by atoms with E-state index in [4.69, 9.17) is 11.6 Å². The predicted octanol–water partition coefficient (Wildman–Crippen LogP) is 4.17. The molecule has 1 saturated heterocycles. The van der Waals surface area contributed by atoms with Crippen molar-refractivity contribution in [3.63, 3.8) is 0 Å². The van der Waals surface area contributed by atoms with E-state index in [2.05, 4.69) is 10.4 Å². The highest BCUT2D eigenvalue weighted by atomic mass is 35.5. The van der Waals surface area contributed by atoms with E-state index in [0.29, 0.717) is 0 Å². The molecule has 5 heteroatoms. The van der Waals surface area contributed by atoms with Crippen LogP contribution in [-0.4, -0.2) is 41.3 Å². The number of nitrogens with zero attached hydrogens (tertiary/aromatic N) is 2. The largest absolute Gasteiger partial charge is 0.340 e. The Kier molecular flexibility index (Phi) is 8.15. The summed E-state index contributed by atoms with van der Waals surface area (Å²) in [5.74, 6) is 0.347. The molecule has 1 fully saturated rings. The second-order valence-corrected chi connectivity index (χ2v) is 6.56. The molecule has 2 rings (SSSR count). The van der Waals surface area contributed by atoms with Gasteiger partial charge in [-0.25, -0.2) is 4.31 Å². The van der Waals surface area contributed by atoms with Crippen LogP contribution < -0.4 is 0 Å². The van der Waals surface area contributed by atoms with Crippen molar-refractivity contribution >= 4 is 29.5 Å². The van der Waals surface area contributed by atoms with Gasteiger partial charge in [-0.3, -0.25) is 4.79 Å².